The number of imide groups is 1. The van der Waals surface area contributed by atoms with Crippen molar-refractivity contribution in [1.29, 1.82) is 0 Å². The third-order valence-electron chi connectivity index (χ3n) is 5.17. The van der Waals surface area contributed by atoms with Crippen LogP contribution in [0.3, 0.4) is 0 Å². The zero-order valence-electron chi connectivity index (χ0n) is 15.0. The second-order valence-electron chi connectivity index (χ2n) is 6.78. The van der Waals surface area contributed by atoms with Gasteiger partial charge in [-0.3, -0.25) is 14.9 Å². The number of amides is 2. The van der Waals surface area contributed by atoms with Crippen LogP contribution in [0, 0.1) is 0 Å². The summed E-state index contributed by atoms with van der Waals surface area (Å²) < 4.78 is 2.04. The van der Waals surface area contributed by atoms with Crippen LogP contribution in [-0.4, -0.2) is 21.4 Å². The summed E-state index contributed by atoms with van der Waals surface area (Å²) in [4.78, 5) is 28.8. The Bertz CT molecular complexity index is 1320. The minimum Gasteiger partial charge on any atom is -0.361 e. The van der Waals surface area contributed by atoms with Gasteiger partial charge >= 0.3 is 0 Å². The van der Waals surface area contributed by atoms with Gasteiger partial charge in [0.05, 0.1) is 11.1 Å². The average molecular weight is 367 g/mol. The molecule has 2 N–H and O–H groups in total. The maximum absolute atomic E-state index is 12.8. The quantitative estimate of drug-likeness (QED) is 0.425. The van der Waals surface area contributed by atoms with E-state index in [0.717, 1.165) is 32.9 Å². The molecule has 28 heavy (non-hydrogen) atoms. The van der Waals surface area contributed by atoms with Gasteiger partial charge in [-0.25, -0.2) is 0 Å². The van der Waals surface area contributed by atoms with Gasteiger partial charge in [0.2, 0.25) is 0 Å². The van der Waals surface area contributed by atoms with E-state index in [9.17, 15) is 9.59 Å². The molecule has 1 aliphatic heterocycles. The largest absolute Gasteiger partial charge is 0.361 e. The van der Waals surface area contributed by atoms with Gasteiger partial charge in [-0.15, -0.1) is 6.58 Å². The van der Waals surface area contributed by atoms with Gasteiger partial charge in [0, 0.05) is 51.9 Å². The summed E-state index contributed by atoms with van der Waals surface area (Å²) >= 11 is 0. The first-order chi connectivity index (χ1) is 13.7. The lowest BCUT2D eigenvalue weighted by molar-refractivity contribution is -0.122. The molecule has 0 bridgehead atoms. The molecule has 5 rings (SSSR count). The van der Waals surface area contributed by atoms with Crippen molar-refractivity contribution in [2.45, 2.75) is 6.54 Å². The van der Waals surface area contributed by atoms with Crippen molar-refractivity contribution in [3.05, 3.63) is 84.7 Å². The first kappa shape index (κ1) is 16.3. The van der Waals surface area contributed by atoms with Gasteiger partial charge in [-0.1, -0.05) is 42.5 Å². The lowest BCUT2D eigenvalue weighted by Crippen LogP contribution is -2.22. The summed E-state index contributed by atoms with van der Waals surface area (Å²) in [5.41, 5.74) is 4.22. The fourth-order valence-corrected chi connectivity index (χ4v) is 3.98. The van der Waals surface area contributed by atoms with Crippen molar-refractivity contribution < 1.29 is 9.59 Å². The SMILES string of the molecule is C=CCn1cc(C2=C(c3c[nH]c4ccccc34)C(=O)NC2=O)c2ccccc21. The first-order valence-corrected chi connectivity index (χ1v) is 9.04. The molecule has 4 aromatic rings. The Hall–Kier alpha value is -3.86. The number of hydrogen-bond acceptors (Lipinski definition) is 2. The zero-order valence-corrected chi connectivity index (χ0v) is 15.0. The molecule has 0 radical (unpaired) electrons. The maximum atomic E-state index is 12.8. The number of para-hydroxylation sites is 2. The van der Waals surface area contributed by atoms with Crippen molar-refractivity contribution in [2.24, 2.45) is 0 Å². The number of nitrogens with zero attached hydrogens (tertiary/aromatic N) is 1. The maximum Gasteiger partial charge on any atom is 0.259 e. The van der Waals surface area contributed by atoms with E-state index < -0.39 is 0 Å². The lowest BCUT2D eigenvalue weighted by Gasteiger charge is -2.03. The fraction of sp³-hybridized carbons (Fsp3) is 0.0435. The number of benzene rings is 2. The van der Waals surface area contributed by atoms with E-state index in [0.29, 0.717) is 17.7 Å². The number of carbonyl (C=O) groups is 2. The van der Waals surface area contributed by atoms with E-state index in [-0.39, 0.29) is 11.8 Å². The summed E-state index contributed by atoms with van der Waals surface area (Å²) in [6.07, 6.45) is 5.53. The van der Waals surface area contributed by atoms with E-state index >= 15 is 0 Å². The molecule has 0 saturated heterocycles. The van der Waals surface area contributed by atoms with E-state index in [1.54, 1.807) is 6.20 Å². The normalized spacial score (nSPS) is 14.3. The number of rotatable bonds is 4. The molecule has 0 spiro atoms. The van der Waals surface area contributed by atoms with Crippen molar-refractivity contribution in [1.82, 2.24) is 14.9 Å². The third kappa shape index (κ3) is 2.26. The third-order valence-corrected chi connectivity index (χ3v) is 5.17. The number of aromatic amines is 1. The van der Waals surface area contributed by atoms with E-state index in [4.69, 9.17) is 0 Å². The van der Waals surface area contributed by atoms with E-state index in [1.807, 2.05) is 65.4 Å². The number of hydrogen-bond donors (Lipinski definition) is 2. The highest BCUT2D eigenvalue weighted by Gasteiger charge is 2.34. The number of carbonyl (C=O) groups excluding carboxylic acids is 2. The molecule has 0 fully saturated rings. The Morgan fingerprint density at radius 2 is 1.57 bits per heavy atom. The topological polar surface area (TPSA) is 66.9 Å². The molecule has 136 valence electrons. The summed E-state index contributed by atoms with van der Waals surface area (Å²) in [7, 11) is 0. The second-order valence-corrected chi connectivity index (χ2v) is 6.78. The Balaban J connectivity index is 1.84. The Morgan fingerprint density at radius 3 is 2.36 bits per heavy atom. The molecule has 5 heteroatoms. The van der Waals surface area contributed by atoms with Crippen LogP contribution in [0.15, 0.2) is 73.6 Å². The number of allylic oxidation sites excluding steroid dienone is 1. The molecule has 5 nitrogen and oxygen atoms in total. The fourth-order valence-electron chi connectivity index (χ4n) is 3.98. The molecule has 3 heterocycles. The van der Waals surface area contributed by atoms with Crippen LogP contribution >= 0.6 is 0 Å². The van der Waals surface area contributed by atoms with Crippen LogP contribution in [0.1, 0.15) is 11.1 Å². The molecule has 2 aromatic heterocycles. The summed E-state index contributed by atoms with van der Waals surface area (Å²) in [6, 6.07) is 15.6. The van der Waals surface area contributed by atoms with Crippen LogP contribution in [0.5, 0.6) is 0 Å². The van der Waals surface area contributed by atoms with Gasteiger partial charge in [0.15, 0.2) is 0 Å². The predicted octanol–water partition coefficient (Wildman–Crippen LogP) is 3.88. The molecule has 0 atom stereocenters. The van der Waals surface area contributed by atoms with Gasteiger partial charge in [0.1, 0.15) is 0 Å². The molecule has 0 saturated carbocycles. The van der Waals surface area contributed by atoms with Gasteiger partial charge in [0.25, 0.3) is 11.8 Å². The Morgan fingerprint density at radius 1 is 0.893 bits per heavy atom. The Labute approximate surface area is 161 Å². The average Bonchev–Trinajstić information content (AvgIpc) is 3.36. The van der Waals surface area contributed by atoms with E-state index in [2.05, 4.69) is 16.9 Å². The van der Waals surface area contributed by atoms with Crippen molar-refractivity contribution in [3.63, 3.8) is 0 Å². The summed E-state index contributed by atoms with van der Waals surface area (Å²) in [5.74, 6) is -0.739. The summed E-state index contributed by atoms with van der Waals surface area (Å²) in [6.45, 7) is 4.43. The van der Waals surface area contributed by atoms with Crippen molar-refractivity contribution in [3.8, 4) is 0 Å². The minimum absolute atomic E-state index is 0.369. The highest BCUT2D eigenvalue weighted by atomic mass is 16.2. The van der Waals surface area contributed by atoms with Gasteiger partial charge in [-0.05, 0) is 12.1 Å². The predicted molar refractivity (Wildman–Crippen MR) is 110 cm³/mol. The molecular weight excluding hydrogens is 350 g/mol. The standard InChI is InChI=1S/C23H17N3O2/c1-2-11-26-13-17(15-8-4-6-10-19(15)26)21-20(22(27)25-23(21)28)16-12-24-18-9-5-3-7-14(16)18/h2-10,12-13,24H,1,11H2,(H,25,27,28). The highest BCUT2D eigenvalue weighted by Crippen LogP contribution is 2.38. The number of aromatic nitrogens is 2. The number of H-pyrrole nitrogens is 1. The first-order valence-electron chi connectivity index (χ1n) is 9.04. The van der Waals surface area contributed by atoms with Gasteiger partial charge < -0.3 is 9.55 Å². The van der Waals surface area contributed by atoms with Crippen LogP contribution in [0.4, 0.5) is 0 Å². The smallest absolute Gasteiger partial charge is 0.259 e. The number of nitrogens with one attached hydrogen (secondary N) is 2. The van der Waals surface area contributed by atoms with Crippen molar-refractivity contribution >= 4 is 44.8 Å². The van der Waals surface area contributed by atoms with Crippen molar-refractivity contribution in [2.75, 3.05) is 0 Å². The van der Waals surface area contributed by atoms with Crippen LogP contribution < -0.4 is 5.32 Å². The number of fused-ring (bicyclic) bond motifs is 2. The monoisotopic (exact) mass is 367 g/mol. The second kappa shape index (κ2) is 6.09. The Kier molecular flexibility index (Phi) is 3.55. The van der Waals surface area contributed by atoms with Crippen LogP contribution in [0.25, 0.3) is 33.0 Å². The lowest BCUT2D eigenvalue weighted by atomic mass is 9.95. The minimum atomic E-state index is -0.370. The van der Waals surface area contributed by atoms with E-state index in [1.165, 1.54) is 0 Å². The molecule has 0 unspecified atom stereocenters. The molecule has 2 aromatic carbocycles. The van der Waals surface area contributed by atoms with Crippen LogP contribution in [0.2, 0.25) is 0 Å². The molecule has 0 aliphatic carbocycles. The highest BCUT2D eigenvalue weighted by molar-refractivity contribution is 6.50. The van der Waals surface area contributed by atoms with Gasteiger partial charge in [-0.2, -0.15) is 0 Å². The summed E-state index contributed by atoms with van der Waals surface area (Å²) in [5, 5.41) is 4.32. The molecular formula is C23H17N3O2. The molecule has 1 aliphatic rings. The van der Waals surface area contributed by atoms with Crippen LogP contribution in [-0.2, 0) is 16.1 Å². The molecule has 2 amide bonds. The zero-order chi connectivity index (χ0) is 19.3.